The zero-order chi connectivity index (χ0) is 15.2. The van der Waals surface area contributed by atoms with Crippen molar-refractivity contribution in [2.75, 3.05) is 18.9 Å². The molecule has 1 aromatic carbocycles. The minimum Gasteiger partial charge on any atom is -0.326 e. The molecule has 2 N–H and O–H groups in total. The molecule has 1 amide bonds. The molecule has 21 heavy (non-hydrogen) atoms. The average molecular weight is 343 g/mol. The van der Waals surface area contributed by atoms with E-state index in [0.29, 0.717) is 13.0 Å². The number of halogens is 3. The van der Waals surface area contributed by atoms with Gasteiger partial charge in [0.25, 0.3) is 0 Å². The Morgan fingerprint density at radius 1 is 1.33 bits per heavy atom. The molecular weight excluding hydrogens is 326 g/mol. The summed E-state index contributed by atoms with van der Waals surface area (Å²) in [6.07, 6.45) is 0.879. The van der Waals surface area contributed by atoms with Crippen molar-refractivity contribution in [3.05, 3.63) is 24.3 Å². The zero-order valence-electron chi connectivity index (χ0n) is 11.3. The highest BCUT2D eigenvalue weighted by Gasteiger charge is 2.26. The SMILES string of the molecule is CNCCCC(=O)Nc1cccc(S(=O)(=O)C(F)F)c1.Cl. The summed E-state index contributed by atoms with van der Waals surface area (Å²) in [5.74, 6) is -3.78. The quantitative estimate of drug-likeness (QED) is 0.744. The predicted octanol–water partition coefficient (Wildman–Crippen LogP) is 2.04. The van der Waals surface area contributed by atoms with Crippen molar-refractivity contribution in [2.45, 2.75) is 23.5 Å². The number of alkyl halides is 2. The van der Waals surface area contributed by atoms with E-state index >= 15 is 0 Å². The monoisotopic (exact) mass is 342 g/mol. The predicted molar refractivity (Wildman–Crippen MR) is 78.7 cm³/mol. The Kier molecular flexibility index (Phi) is 8.38. The summed E-state index contributed by atoms with van der Waals surface area (Å²) in [5, 5.41) is 5.36. The molecule has 120 valence electrons. The maximum absolute atomic E-state index is 12.4. The summed E-state index contributed by atoms with van der Waals surface area (Å²) in [5.41, 5.74) is 0.182. The first-order valence-electron chi connectivity index (χ1n) is 5.94. The summed E-state index contributed by atoms with van der Waals surface area (Å²) >= 11 is 0. The fourth-order valence-electron chi connectivity index (χ4n) is 1.50. The number of hydrogen-bond donors (Lipinski definition) is 2. The molecule has 0 atom stereocenters. The van der Waals surface area contributed by atoms with E-state index in [1.807, 2.05) is 0 Å². The zero-order valence-corrected chi connectivity index (χ0v) is 12.9. The molecule has 0 aliphatic heterocycles. The van der Waals surface area contributed by atoms with Crippen LogP contribution >= 0.6 is 12.4 Å². The largest absolute Gasteiger partial charge is 0.341 e. The number of sulfone groups is 1. The van der Waals surface area contributed by atoms with E-state index in [4.69, 9.17) is 0 Å². The lowest BCUT2D eigenvalue weighted by molar-refractivity contribution is -0.116. The van der Waals surface area contributed by atoms with Crippen molar-refractivity contribution in [3.8, 4) is 0 Å². The first-order chi connectivity index (χ1) is 9.37. The Labute approximate surface area is 128 Å². The van der Waals surface area contributed by atoms with Crippen molar-refractivity contribution in [3.63, 3.8) is 0 Å². The van der Waals surface area contributed by atoms with Gasteiger partial charge in [0.1, 0.15) is 0 Å². The van der Waals surface area contributed by atoms with E-state index in [1.165, 1.54) is 12.1 Å². The van der Waals surface area contributed by atoms with E-state index in [9.17, 15) is 22.0 Å². The third-order valence-corrected chi connectivity index (χ3v) is 3.89. The Balaban J connectivity index is 0.00000400. The molecule has 0 aliphatic carbocycles. The van der Waals surface area contributed by atoms with E-state index in [0.717, 1.165) is 12.1 Å². The van der Waals surface area contributed by atoms with Crippen LogP contribution in [-0.4, -0.2) is 33.7 Å². The van der Waals surface area contributed by atoms with Crippen LogP contribution in [0.15, 0.2) is 29.2 Å². The molecule has 1 rings (SSSR count). The fraction of sp³-hybridized carbons (Fsp3) is 0.417. The maximum Gasteiger partial charge on any atom is 0.341 e. The molecule has 9 heteroatoms. The van der Waals surface area contributed by atoms with Crippen LogP contribution in [0.3, 0.4) is 0 Å². The van der Waals surface area contributed by atoms with Gasteiger partial charge < -0.3 is 10.6 Å². The molecule has 0 radical (unpaired) electrons. The summed E-state index contributed by atoms with van der Waals surface area (Å²) in [4.78, 5) is 11.0. The summed E-state index contributed by atoms with van der Waals surface area (Å²) in [7, 11) is -2.89. The number of nitrogens with one attached hydrogen (secondary N) is 2. The van der Waals surface area contributed by atoms with Crippen LogP contribution in [0.5, 0.6) is 0 Å². The van der Waals surface area contributed by atoms with E-state index in [-0.39, 0.29) is 30.4 Å². The van der Waals surface area contributed by atoms with Crippen molar-refractivity contribution in [2.24, 2.45) is 0 Å². The van der Waals surface area contributed by atoms with Gasteiger partial charge in [0.2, 0.25) is 15.7 Å². The summed E-state index contributed by atoms with van der Waals surface area (Å²) in [6.45, 7) is 0.674. The standard InChI is InChI=1S/C12H16F2N2O3S.ClH/c1-15-7-3-6-11(17)16-9-4-2-5-10(8-9)20(18,19)12(13)14;/h2,4-5,8,12,15H,3,6-7H2,1H3,(H,16,17);1H. The van der Waals surface area contributed by atoms with Gasteiger partial charge in [-0.2, -0.15) is 8.78 Å². The maximum atomic E-state index is 12.4. The van der Waals surface area contributed by atoms with Crippen LogP contribution < -0.4 is 10.6 Å². The highest BCUT2D eigenvalue weighted by atomic mass is 35.5. The summed E-state index contributed by atoms with van der Waals surface area (Å²) in [6, 6.07) is 4.84. The normalized spacial score (nSPS) is 11.0. The van der Waals surface area contributed by atoms with Gasteiger partial charge in [-0.05, 0) is 38.2 Å². The molecular formula is C12H17ClF2N2O3S. The number of carbonyl (C=O) groups excluding carboxylic acids is 1. The molecule has 0 fully saturated rings. The highest BCUT2D eigenvalue weighted by Crippen LogP contribution is 2.21. The molecule has 0 unspecified atom stereocenters. The minimum atomic E-state index is -4.65. The molecule has 0 aliphatic rings. The van der Waals surface area contributed by atoms with Crippen molar-refractivity contribution < 1.29 is 22.0 Å². The second-order valence-electron chi connectivity index (χ2n) is 4.09. The number of amides is 1. The topological polar surface area (TPSA) is 75.3 Å². The van der Waals surface area contributed by atoms with Crippen LogP contribution in [0.2, 0.25) is 0 Å². The summed E-state index contributed by atoms with van der Waals surface area (Å²) < 4.78 is 47.5. The molecule has 0 spiro atoms. The molecule has 0 saturated carbocycles. The van der Waals surface area contributed by atoms with Crippen LogP contribution in [0, 0.1) is 0 Å². The Morgan fingerprint density at radius 3 is 2.57 bits per heavy atom. The van der Waals surface area contributed by atoms with E-state index in [1.54, 1.807) is 7.05 Å². The first-order valence-corrected chi connectivity index (χ1v) is 7.49. The van der Waals surface area contributed by atoms with Gasteiger partial charge in [-0.1, -0.05) is 6.07 Å². The third-order valence-electron chi connectivity index (χ3n) is 2.51. The van der Waals surface area contributed by atoms with Crippen LogP contribution in [0.4, 0.5) is 14.5 Å². The molecule has 0 bridgehead atoms. The van der Waals surface area contributed by atoms with Gasteiger partial charge in [0.05, 0.1) is 4.90 Å². The lowest BCUT2D eigenvalue weighted by Gasteiger charge is -2.08. The van der Waals surface area contributed by atoms with Gasteiger partial charge in [-0.15, -0.1) is 12.4 Å². The van der Waals surface area contributed by atoms with Crippen molar-refractivity contribution in [1.82, 2.24) is 5.32 Å². The Bertz CT molecular complexity index is 567. The lowest BCUT2D eigenvalue weighted by atomic mass is 10.2. The Morgan fingerprint density at radius 2 is 2.00 bits per heavy atom. The molecule has 0 aromatic heterocycles. The minimum absolute atomic E-state index is 0. The number of rotatable bonds is 7. The first kappa shape index (κ1) is 19.8. The van der Waals surface area contributed by atoms with Crippen molar-refractivity contribution >= 4 is 33.8 Å². The second kappa shape index (κ2) is 8.91. The van der Waals surface area contributed by atoms with Crippen LogP contribution in [0.25, 0.3) is 0 Å². The number of hydrogen-bond acceptors (Lipinski definition) is 4. The van der Waals surface area contributed by atoms with Gasteiger partial charge >= 0.3 is 5.76 Å². The fourth-order valence-corrected chi connectivity index (χ4v) is 2.27. The van der Waals surface area contributed by atoms with E-state index in [2.05, 4.69) is 10.6 Å². The molecule has 0 heterocycles. The van der Waals surface area contributed by atoms with Crippen LogP contribution in [0.1, 0.15) is 12.8 Å². The van der Waals surface area contributed by atoms with Crippen molar-refractivity contribution in [1.29, 1.82) is 0 Å². The van der Waals surface area contributed by atoms with Gasteiger partial charge in [0, 0.05) is 12.1 Å². The second-order valence-corrected chi connectivity index (χ2v) is 6.01. The molecule has 5 nitrogen and oxygen atoms in total. The number of anilines is 1. The number of benzene rings is 1. The van der Waals surface area contributed by atoms with Gasteiger partial charge in [0.15, 0.2) is 0 Å². The Hall–Kier alpha value is -1.25. The van der Waals surface area contributed by atoms with E-state index < -0.39 is 20.5 Å². The third kappa shape index (κ3) is 5.94. The lowest BCUT2D eigenvalue weighted by Crippen LogP contribution is -2.16. The van der Waals surface area contributed by atoms with Crippen LogP contribution in [-0.2, 0) is 14.6 Å². The molecule has 0 saturated heterocycles. The molecule has 1 aromatic rings. The number of carbonyl (C=O) groups is 1. The van der Waals surface area contributed by atoms with Gasteiger partial charge in [-0.3, -0.25) is 4.79 Å². The highest BCUT2D eigenvalue weighted by molar-refractivity contribution is 7.91. The smallest absolute Gasteiger partial charge is 0.326 e. The average Bonchev–Trinajstić information content (AvgIpc) is 2.39. The van der Waals surface area contributed by atoms with Gasteiger partial charge in [-0.25, -0.2) is 8.42 Å².